The second-order valence-corrected chi connectivity index (χ2v) is 6.71. The first-order valence-electron chi connectivity index (χ1n) is 7.35. The molecule has 1 atom stereocenters. The van der Waals surface area contributed by atoms with Crippen molar-refractivity contribution in [1.29, 1.82) is 0 Å². The number of nitrogens with two attached hydrogens (primary N) is 1. The normalized spacial score (nSPS) is 19.3. The molecule has 2 rings (SSSR count). The van der Waals surface area contributed by atoms with E-state index in [1.165, 1.54) is 6.20 Å². The second-order valence-electron chi connectivity index (χ2n) is 6.71. The smallest absolute Gasteiger partial charge is 0.252 e. The molecule has 116 valence electrons. The number of primary amides is 1. The summed E-state index contributed by atoms with van der Waals surface area (Å²) in [5.41, 5.74) is 6.52. The molecule has 6 heteroatoms. The Kier molecular flexibility index (Phi) is 4.77. The molecule has 1 aromatic heterocycles. The number of nitrogens with zero attached hydrogens (tertiary/aromatic N) is 2. The van der Waals surface area contributed by atoms with Crippen molar-refractivity contribution in [3.63, 3.8) is 0 Å². The van der Waals surface area contributed by atoms with E-state index in [-0.39, 0.29) is 11.5 Å². The van der Waals surface area contributed by atoms with Crippen molar-refractivity contribution in [1.82, 2.24) is 9.97 Å². The Morgan fingerprint density at radius 1 is 1.52 bits per heavy atom. The molecule has 1 saturated heterocycles. The van der Waals surface area contributed by atoms with Crippen molar-refractivity contribution in [2.45, 2.75) is 46.1 Å². The average Bonchev–Trinajstić information content (AvgIpc) is 2.37. The molecule has 1 aromatic rings. The Morgan fingerprint density at radius 2 is 2.29 bits per heavy atom. The number of nitrogens with one attached hydrogen (secondary N) is 1. The largest absolute Gasteiger partial charge is 0.379 e. The highest BCUT2D eigenvalue weighted by Crippen LogP contribution is 2.22. The van der Waals surface area contributed by atoms with Gasteiger partial charge in [0.05, 0.1) is 23.9 Å². The van der Waals surface area contributed by atoms with Gasteiger partial charge in [0.25, 0.3) is 5.91 Å². The van der Waals surface area contributed by atoms with Gasteiger partial charge in [-0.25, -0.2) is 9.97 Å². The quantitative estimate of drug-likeness (QED) is 0.882. The van der Waals surface area contributed by atoms with Gasteiger partial charge in [0.15, 0.2) is 0 Å². The molecule has 1 amide bonds. The molecule has 1 aliphatic rings. The maximum absolute atomic E-state index is 11.5. The lowest BCUT2D eigenvalue weighted by Gasteiger charge is -2.24. The van der Waals surface area contributed by atoms with Gasteiger partial charge in [0.1, 0.15) is 0 Å². The first kappa shape index (κ1) is 15.7. The van der Waals surface area contributed by atoms with Crippen molar-refractivity contribution >= 4 is 11.9 Å². The van der Waals surface area contributed by atoms with Gasteiger partial charge in [-0.1, -0.05) is 20.8 Å². The maximum atomic E-state index is 11.5. The number of rotatable bonds is 4. The summed E-state index contributed by atoms with van der Waals surface area (Å²) in [7, 11) is 0. The van der Waals surface area contributed by atoms with E-state index in [9.17, 15) is 4.79 Å². The van der Waals surface area contributed by atoms with Crippen molar-refractivity contribution in [2.24, 2.45) is 11.1 Å². The van der Waals surface area contributed by atoms with E-state index >= 15 is 0 Å². The minimum atomic E-state index is -0.484. The van der Waals surface area contributed by atoms with Crippen molar-refractivity contribution in [2.75, 3.05) is 18.5 Å². The molecule has 1 aliphatic heterocycles. The lowest BCUT2D eigenvalue weighted by molar-refractivity contribution is 0.0873. The second kappa shape index (κ2) is 6.39. The van der Waals surface area contributed by atoms with Crippen LogP contribution in [0.4, 0.5) is 5.95 Å². The Bertz CT molecular complexity index is 505. The number of carbonyl (C=O) groups excluding carboxylic acids is 1. The monoisotopic (exact) mass is 292 g/mol. The summed E-state index contributed by atoms with van der Waals surface area (Å²) in [4.78, 5) is 20.2. The predicted octanol–water partition coefficient (Wildman–Crippen LogP) is 1.75. The number of anilines is 1. The topological polar surface area (TPSA) is 90.1 Å². The van der Waals surface area contributed by atoms with Crippen LogP contribution < -0.4 is 11.1 Å². The zero-order valence-electron chi connectivity index (χ0n) is 13.0. The highest BCUT2D eigenvalue weighted by Gasteiger charge is 2.20. The summed E-state index contributed by atoms with van der Waals surface area (Å²) in [6, 6.07) is 0.223. The van der Waals surface area contributed by atoms with E-state index < -0.39 is 5.91 Å². The van der Waals surface area contributed by atoms with Crippen LogP contribution in [-0.2, 0) is 11.2 Å². The Morgan fingerprint density at radius 3 is 2.86 bits per heavy atom. The summed E-state index contributed by atoms with van der Waals surface area (Å²) >= 11 is 0. The molecule has 2 heterocycles. The Balaban J connectivity index is 2.19. The van der Waals surface area contributed by atoms with Crippen molar-refractivity contribution in [3.8, 4) is 0 Å². The average molecular weight is 292 g/mol. The van der Waals surface area contributed by atoms with Gasteiger partial charge in [-0.15, -0.1) is 0 Å². The molecule has 0 radical (unpaired) electrons. The molecule has 0 bridgehead atoms. The molecule has 6 nitrogen and oxygen atoms in total. The minimum absolute atomic E-state index is 0.0176. The van der Waals surface area contributed by atoms with Gasteiger partial charge in [-0.05, 0) is 24.7 Å². The summed E-state index contributed by atoms with van der Waals surface area (Å²) in [5, 5.41) is 3.27. The van der Waals surface area contributed by atoms with E-state index in [0.29, 0.717) is 30.2 Å². The van der Waals surface area contributed by atoms with Crippen LogP contribution in [0.3, 0.4) is 0 Å². The van der Waals surface area contributed by atoms with Crippen LogP contribution >= 0.6 is 0 Å². The molecule has 3 N–H and O–H groups in total. The predicted molar refractivity (Wildman–Crippen MR) is 81.2 cm³/mol. The van der Waals surface area contributed by atoms with Crippen LogP contribution in [0.15, 0.2) is 6.20 Å². The summed E-state index contributed by atoms with van der Waals surface area (Å²) in [5.74, 6) is 0.0524. The number of ether oxygens (including phenoxy) is 1. The fourth-order valence-electron chi connectivity index (χ4n) is 2.37. The standard InChI is InChI=1S/C15H24N4O2/c1-15(2,3)7-12-11(13(16)20)8-17-14(19-12)18-10-5-4-6-21-9-10/h8,10H,4-7,9H2,1-3H3,(H2,16,20)(H,17,18,19)/t10-/m0/s1. The molecule has 0 spiro atoms. The van der Waals surface area contributed by atoms with Crippen molar-refractivity contribution in [3.05, 3.63) is 17.5 Å². The van der Waals surface area contributed by atoms with Gasteiger partial charge in [-0.2, -0.15) is 0 Å². The summed E-state index contributed by atoms with van der Waals surface area (Å²) in [6.45, 7) is 7.77. The third-order valence-corrected chi connectivity index (χ3v) is 3.32. The van der Waals surface area contributed by atoms with Gasteiger partial charge in [0.2, 0.25) is 5.95 Å². The minimum Gasteiger partial charge on any atom is -0.379 e. The third kappa shape index (κ3) is 4.67. The van der Waals surface area contributed by atoms with Crippen molar-refractivity contribution < 1.29 is 9.53 Å². The van der Waals surface area contributed by atoms with Gasteiger partial charge in [-0.3, -0.25) is 4.79 Å². The van der Waals surface area contributed by atoms with E-state index in [1.54, 1.807) is 0 Å². The number of hydrogen-bond donors (Lipinski definition) is 2. The highest BCUT2D eigenvalue weighted by molar-refractivity contribution is 5.93. The van der Waals surface area contributed by atoms with Crippen LogP contribution in [0.25, 0.3) is 0 Å². The zero-order chi connectivity index (χ0) is 15.5. The lowest BCUT2D eigenvalue weighted by atomic mass is 9.89. The number of carbonyl (C=O) groups is 1. The number of hydrogen-bond acceptors (Lipinski definition) is 5. The first-order valence-corrected chi connectivity index (χ1v) is 7.35. The molecule has 1 fully saturated rings. The highest BCUT2D eigenvalue weighted by atomic mass is 16.5. The zero-order valence-corrected chi connectivity index (χ0v) is 13.0. The van der Waals surface area contributed by atoms with Gasteiger partial charge >= 0.3 is 0 Å². The molecule has 0 unspecified atom stereocenters. The summed E-state index contributed by atoms with van der Waals surface area (Å²) in [6.07, 6.45) is 4.26. The Labute approximate surface area is 125 Å². The van der Waals surface area contributed by atoms with Crippen LogP contribution in [-0.4, -0.2) is 35.1 Å². The molecule has 21 heavy (non-hydrogen) atoms. The molecular formula is C15H24N4O2. The van der Waals surface area contributed by atoms with E-state index in [1.807, 2.05) is 0 Å². The maximum Gasteiger partial charge on any atom is 0.252 e. The van der Waals surface area contributed by atoms with E-state index in [0.717, 1.165) is 19.4 Å². The first-order chi connectivity index (χ1) is 9.85. The van der Waals surface area contributed by atoms with E-state index in [2.05, 4.69) is 36.1 Å². The van der Waals surface area contributed by atoms with Gasteiger partial charge < -0.3 is 15.8 Å². The third-order valence-electron chi connectivity index (χ3n) is 3.32. The SMILES string of the molecule is CC(C)(C)Cc1nc(N[C@H]2CCCOC2)ncc1C(N)=O. The number of aromatic nitrogens is 2. The molecule has 0 aromatic carbocycles. The molecule has 0 aliphatic carbocycles. The van der Waals surface area contributed by atoms with Gasteiger partial charge in [0, 0.05) is 12.8 Å². The summed E-state index contributed by atoms with van der Waals surface area (Å²) < 4.78 is 5.43. The Hall–Kier alpha value is -1.69. The fraction of sp³-hybridized carbons (Fsp3) is 0.667. The number of amides is 1. The van der Waals surface area contributed by atoms with Crippen LogP contribution in [0, 0.1) is 5.41 Å². The van der Waals surface area contributed by atoms with Crippen LogP contribution in [0.2, 0.25) is 0 Å². The van der Waals surface area contributed by atoms with E-state index in [4.69, 9.17) is 10.5 Å². The lowest BCUT2D eigenvalue weighted by Crippen LogP contribution is -2.31. The van der Waals surface area contributed by atoms with Crippen LogP contribution in [0.5, 0.6) is 0 Å². The van der Waals surface area contributed by atoms with Crippen LogP contribution in [0.1, 0.15) is 49.7 Å². The molecule has 0 saturated carbocycles. The fourth-order valence-corrected chi connectivity index (χ4v) is 2.37. The molecular weight excluding hydrogens is 268 g/mol.